The first-order valence-corrected chi connectivity index (χ1v) is 10.6. The Balaban J connectivity index is 1.77. The van der Waals surface area contributed by atoms with Crippen LogP contribution in [0.2, 0.25) is 0 Å². The quantitative estimate of drug-likeness (QED) is 0.377. The van der Waals surface area contributed by atoms with Crippen LogP contribution in [0.15, 0.2) is 62.6 Å². The molecule has 0 saturated carbocycles. The maximum Gasteiger partial charge on any atom is 0.336 e. The van der Waals surface area contributed by atoms with Crippen molar-refractivity contribution in [2.75, 3.05) is 0 Å². The molecule has 29 heavy (non-hydrogen) atoms. The van der Waals surface area contributed by atoms with Crippen LogP contribution in [0.25, 0.3) is 11.0 Å². The van der Waals surface area contributed by atoms with Crippen LogP contribution >= 0.6 is 0 Å². The molecular formula is C21H21NO6S. The predicted molar refractivity (Wildman–Crippen MR) is 108 cm³/mol. The van der Waals surface area contributed by atoms with Crippen molar-refractivity contribution in [1.29, 1.82) is 0 Å². The van der Waals surface area contributed by atoms with Gasteiger partial charge in [0.25, 0.3) is 0 Å². The SMILES string of the molecule is CCc1cc(=O)oc2cc(OC(=O)[C@@H](C)NS(=O)(=O)c3ccc(C)cc3)ccc12. The van der Waals surface area contributed by atoms with Gasteiger partial charge in [-0.1, -0.05) is 24.6 Å². The van der Waals surface area contributed by atoms with Gasteiger partial charge >= 0.3 is 11.6 Å². The molecule has 0 aliphatic heterocycles. The van der Waals surface area contributed by atoms with E-state index in [0.717, 1.165) is 16.5 Å². The number of benzene rings is 2. The number of esters is 1. The zero-order valence-electron chi connectivity index (χ0n) is 16.3. The van der Waals surface area contributed by atoms with Crippen molar-refractivity contribution in [3.8, 4) is 5.75 Å². The Morgan fingerprint density at radius 1 is 1.14 bits per heavy atom. The smallest absolute Gasteiger partial charge is 0.336 e. The summed E-state index contributed by atoms with van der Waals surface area (Å²) in [4.78, 5) is 24.1. The van der Waals surface area contributed by atoms with Gasteiger partial charge in [-0.15, -0.1) is 0 Å². The summed E-state index contributed by atoms with van der Waals surface area (Å²) in [5, 5.41) is 0.750. The highest BCUT2D eigenvalue weighted by molar-refractivity contribution is 7.89. The lowest BCUT2D eigenvalue weighted by molar-refractivity contribution is -0.135. The van der Waals surface area contributed by atoms with Gasteiger partial charge in [-0.25, -0.2) is 18.0 Å². The van der Waals surface area contributed by atoms with E-state index in [9.17, 15) is 18.0 Å². The van der Waals surface area contributed by atoms with E-state index in [1.807, 2.05) is 13.8 Å². The lowest BCUT2D eigenvalue weighted by atomic mass is 10.1. The second kappa shape index (κ2) is 8.18. The second-order valence-corrected chi connectivity index (χ2v) is 8.39. The monoisotopic (exact) mass is 415 g/mol. The van der Waals surface area contributed by atoms with Crippen molar-refractivity contribution >= 4 is 27.0 Å². The molecule has 3 aromatic rings. The first kappa shape index (κ1) is 20.8. The van der Waals surface area contributed by atoms with Crippen molar-refractivity contribution in [2.24, 2.45) is 0 Å². The van der Waals surface area contributed by atoms with Gasteiger partial charge in [0.2, 0.25) is 10.0 Å². The molecule has 1 atom stereocenters. The molecule has 0 radical (unpaired) electrons. The molecule has 0 fully saturated rings. The number of carbonyl (C=O) groups is 1. The zero-order valence-corrected chi connectivity index (χ0v) is 17.1. The summed E-state index contributed by atoms with van der Waals surface area (Å²) >= 11 is 0. The standard InChI is InChI=1S/C21H21NO6S/c1-4-15-11-20(23)28-19-12-16(7-10-18(15)19)27-21(24)14(3)22-29(25,26)17-8-5-13(2)6-9-17/h5-12,14,22H,4H2,1-3H3/t14-/m1/s1. The Hall–Kier alpha value is -2.97. The van der Waals surface area contributed by atoms with Crippen LogP contribution in [-0.2, 0) is 21.2 Å². The molecule has 0 bridgehead atoms. The Morgan fingerprint density at radius 3 is 2.48 bits per heavy atom. The van der Waals surface area contributed by atoms with Gasteiger partial charge in [0.05, 0.1) is 4.90 Å². The van der Waals surface area contributed by atoms with Crippen molar-refractivity contribution in [2.45, 2.75) is 38.1 Å². The van der Waals surface area contributed by atoms with Crippen molar-refractivity contribution in [3.63, 3.8) is 0 Å². The number of sulfonamides is 1. The van der Waals surface area contributed by atoms with E-state index < -0.39 is 27.7 Å². The molecule has 3 rings (SSSR count). The Bertz CT molecular complexity index is 1210. The maximum atomic E-state index is 12.4. The van der Waals surface area contributed by atoms with E-state index in [4.69, 9.17) is 9.15 Å². The van der Waals surface area contributed by atoms with E-state index in [1.165, 1.54) is 31.2 Å². The summed E-state index contributed by atoms with van der Waals surface area (Å²) in [5.41, 5.74) is 1.56. The fourth-order valence-electron chi connectivity index (χ4n) is 2.84. The lowest BCUT2D eigenvalue weighted by Gasteiger charge is -2.14. The number of fused-ring (bicyclic) bond motifs is 1. The predicted octanol–water partition coefficient (Wildman–Crippen LogP) is 2.94. The van der Waals surface area contributed by atoms with E-state index in [1.54, 1.807) is 24.3 Å². The topological polar surface area (TPSA) is 103 Å². The van der Waals surface area contributed by atoms with Crippen LogP contribution in [0.4, 0.5) is 0 Å². The Kier molecular flexibility index (Phi) is 5.86. The highest BCUT2D eigenvalue weighted by Gasteiger charge is 2.23. The van der Waals surface area contributed by atoms with Gasteiger partial charge < -0.3 is 9.15 Å². The van der Waals surface area contributed by atoms with Crippen LogP contribution in [0, 0.1) is 6.92 Å². The number of nitrogens with one attached hydrogen (secondary N) is 1. The van der Waals surface area contributed by atoms with Gasteiger partial charge in [-0.05, 0) is 50.1 Å². The van der Waals surface area contributed by atoms with Crippen molar-refractivity contribution in [1.82, 2.24) is 4.72 Å². The second-order valence-electron chi connectivity index (χ2n) is 6.68. The molecule has 0 spiro atoms. The summed E-state index contributed by atoms with van der Waals surface area (Å²) in [5.74, 6) is -0.630. The highest BCUT2D eigenvalue weighted by Crippen LogP contribution is 2.23. The summed E-state index contributed by atoms with van der Waals surface area (Å²) in [6.45, 7) is 5.16. The van der Waals surface area contributed by atoms with Gasteiger partial charge in [-0.2, -0.15) is 4.72 Å². The van der Waals surface area contributed by atoms with Crippen LogP contribution in [-0.4, -0.2) is 20.4 Å². The molecule has 1 N–H and O–H groups in total. The fraction of sp³-hybridized carbons (Fsp3) is 0.238. The van der Waals surface area contributed by atoms with Gasteiger partial charge in [-0.3, -0.25) is 0 Å². The first-order chi connectivity index (χ1) is 13.7. The molecule has 0 amide bonds. The average molecular weight is 415 g/mol. The number of hydrogen-bond donors (Lipinski definition) is 1. The molecule has 1 aromatic heterocycles. The lowest BCUT2D eigenvalue weighted by Crippen LogP contribution is -2.40. The third kappa shape index (κ3) is 4.72. The van der Waals surface area contributed by atoms with Crippen LogP contribution in [0.3, 0.4) is 0 Å². The van der Waals surface area contributed by atoms with Gasteiger partial charge in [0.15, 0.2) is 0 Å². The van der Waals surface area contributed by atoms with E-state index in [2.05, 4.69) is 4.72 Å². The minimum Gasteiger partial charge on any atom is -0.425 e. The highest BCUT2D eigenvalue weighted by atomic mass is 32.2. The molecule has 0 aliphatic rings. The molecule has 152 valence electrons. The van der Waals surface area contributed by atoms with Crippen LogP contribution < -0.4 is 15.1 Å². The largest absolute Gasteiger partial charge is 0.425 e. The van der Waals surface area contributed by atoms with E-state index in [0.29, 0.717) is 12.0 Å². The zero-order chi connectivity index (χ0) is 21.2. The number of aryl methyl sites for hydroxylation is 2. The van der Waals surface area contributed by atoms with Crippen molar-refractivity contribution in [3.05, 3.63) is 70.1 Å². The van der Waals surface area contributed by atoms with Gasteiger partial charge in [0, 0.05) is 17.5 Å². The maximum absolute atomic E-state index is 12.4. The third-order valence-corrected chi connectivity index (χ3v) is 5.97. The molecule has 8 heteroatoms. The minimum absolute atomic E-state index is 0.0577. The summed E-state index contributed by atoms with van der Waals surface area (Å²) in [6.07, 6.45) is 0.652. The summed E-state index contributed by atoms with van der Waals surface area (Å²) in [6, 6.07) is 11.3. The Morgan fingerprint density at radius 2 is 1.83 bits per heavy atom. The van der Waals surface area contributed by atoms with E-state index >= 15 is 0 Å². The molecule has 0 aliphatic carbocycles. The van der Waals surface area contributed by atoms with Crippen LogP contribution in [0.5, 0.6) is 5.75 Å². The summed E-state index contributed by atoms with van der Waals surface area (Å²) in [7, 11) is -3.87. The van der Waals surface area contributed by atoms with Crippen LogP contribution in [0.1, 0.15) is 25.0 Å². The number of ether oxygens (including phenoxy) is 1. The fourth-order valence-corrected chi connectivity index (χ4v) is 4.03. The molecule has 1 heterocycles. The average Bonchev–Trinajstić information content (AvgIpc) is 2.66. The normalized spacial score (nSPS) is 12.7. The molecule has 2 aromatic carbocycles. The number of hydrogen-bond acceptors (Lipinski definition) is 6. The summed E-state index contributed by atoms with van der Waals surface area (Å²) < 4.78 is 37.6. The number of carbonyl (C=O) groups excluding carboxylic acids is 1. The first-order valence-electron chi connectivity index (χ1n) is 9.07. The molecule has 7 nitrogen and oxygen atoms in total. The van der Waals surface area contributed by atoms with E-state index in [-0.39, 0.29) is 10.6 Å². The Labute approximate surface area is 168 Å². The number of rotatable bonds is 6. The van der Waals surface area contributed by atoms with Crippen molar-refractivity contribution < 1.29 is 22.4 Å². The molecule has 0 unspecified atom stereocenters. The molecule has 0 saturated heterocycles. The molecular weight excluding hydrogens is 394 g/mol. The van der Waals surface area contributed by atoms with Gasteiger partial charge in [0.1, 0.15) is 17.4 Å². The third-order valence-electron chi connectivity index (χ3n) is 4.42. The minimum atomic E-state index is -3.87.